The van der Waals surface area contributed by atoms with Gasteiger partial charge < -0.3 is 0 Å². The predicted octanol–water partition coefficient (Wildman–Crippen LogP) is 3.19. The van der Waals surface area contributed by atoms with Gasteiger partial charge in [-0.3, -0.25) is 5.32 Å². The highest BCUT2D eigenvalue weighted by Crippen LogP contribution is 2.16. The van der Waals surface area contributed by atoms with Crippen LogP contribution in [0.5, 0.6) is 0 Å². The van der Waals surface area contributed by atoms with Crippen LogP contribution in [0.4, 0.5) is 0 Å². The molecule has 100 valence electrons. The van der Waals surface area contributed by atoms with Crippen LogP contribution in [-0.4, -0.2) is 18.6 Å². The first-order valence-electron chi connectivity index (χ1n) is 6.47. The summed E-state index contributed by atoms with van der Waals surface area (Å²) >= 11 is 0. The van der Waals surface area contributed by atoms with Crippen molar-refractivity contribution in [2.24, 2.45) is 5.11 Å². The zero-order chi connectivity index (χ0) is 14.0. The summed E-state index contributed by atoms with van der Waals surface area (Å²) < 4.78 is 0. The summed E-state index contributed by atoms with van der Waals surface area (Å²) in [5.41, 5.74) is 8.80. The van der Waals surface area contributed by atoms with E-state index in [9.17, 15) is 5.26 Å². The Balaban J connectivity index is 2.59. The van der Waals surface area contributed by atoms with Crippen molar-refractivity contribution in [3.63, 3.8) is 0 Å². The largest absolute Gasteiger partial charge is 0.299 e. The van der Waals surface area contributed by atoms with Crippen molar-refractivity contribution >= 4 is 0 Å². The molecule has 0 bridgehead atoms. The molecule has 5 nitrogen and oxygen atoms in total. The van der Waals surface area contributed by atoms with E-state index in [2.05, 4.69) is 21.4 Å². The number of hydrogen-bond donors (Lipinski definition) is 1. The molecule has 0 spiro atoms. The summed E-state index contributed by atoms with van der Waals surface area (Å²) in [6, 6.07) is 12.4. The molecular weight excluding hydrogens is 238 g/mol. The van der Waals surface area contributed by atoms with Crippen molar-refractivity contribution in [3.8, 4) is 6.07 Å². The summed E-state index contributed by atoms with van der Waals surface area (Å²) in [5.74, 6) is 0. The first-order valence-corrected chi connectivity index (χ1v) is 6.47. The Morgan fingerprint density at radius 3 is 2.74 bits per heavy atom. The lowest BCUT2D eigenvalue weighted by atomic mass is 9.89. The second kappa shape index (κ2) is 8.15. The van der Waals surface area contributed by atoms with Crippen LogP contribution in [0.1, 0.15) is 25.3 Å². The van der Waals surface area contributed by atoms with Crippen LogP contribution in [0.2, 0.25) is 0 Å². The summed E-state index contributed by atoms with van der Waals surface area (Å²) in [7, 11) is 0. The molecule has 1 aromatic carbocycles. The predicted molar refractivity (Wildman–Crippen MR) is 75.4 cm³/mol. The number of hydrogen-bond acceptors (Lipinski definition) is 3. The Morgan fingerprint density at radius 2 is 2.16 bits per heavy atom. The van der Waals surface area contributed by atoms with Gasteiger partial charge in [-0.15, -0.1) is 0 Å². The van der Waals surface area contributed by atoms with Crippen molar-refractivity contribution in [2.45, 2.75) is 31.7 Å². The third kappa shape index (κ3) is 5.01. The summed E-state index contributed by atoms with van der Waals surface area (Å²) in [6.45, 7) is 3.14. The number of nitrogens with zero attached hydrogens (tertiary/aromatic N) is 4. The fourth-order valence-electron chi connectivity index (χ4n) is 1.94. The number of nitriles is 1. The number of nitrogens with one attached hydrogen (secondary N) is 1. The van der Waals surface area contributed by atoms with Crippen LogP contribution in [0.15, 0.2) is 35.4 Å². The van der Waals surface area contributed by atoms with E-state index in [1.807, 2.05) is 37.3 Å². The van der Waals surface area contributed by atoms with Crippen molar-refractivity contribution in [3.05, 3.63) is 46.3 Å². The molecule has 0 aliphatic rings. The molecule has 1 atom stereocenters. The summed E-state index contributed by atoms with van der Waals surface area (Å²) in [4.78, 5) is 2.71. The molecule has 1 rings (SSSR count). The first-order chi connectivity index (χ1) is 9.26. The molecule has 0 radical (unpaired) electrons. The van der Waals surface area contributed by atoms with E-state index in [4.69, 9.17) is 5.53 Å². The fourth-order valence-corrected chi connectivity index (χ4v) is 1.94. The van der Waals surface area contributed by atoms with Crippen LogP contribution in [0, 0.1) is 11.3 Å². The van der Waals surface area contributed by atoms with Crippen molar-refractivity contribution < 1.29 is 0 Å². The lowest BCUT2D eigenvalue weighted by Crippen LogP contribution is -2.46. The maximum atomic E-state index is 9.45. The second-order valence-corrected chi connectivity index (χ2v) is 4.44. The van der Waals surface area contributed by atoms with Gasteiger partial charge in [0.15, 0.2) is 0 Å². The molecule has 19 heavy (non-hydrogen) atoms. The van der Waals surface area contributed by atoms with Gasteiger partial charge in [0.1, 0.15) is 5.54 Å². The van der Waals surface area contributed by atoms with Gasteiger partial charge >= 0.3 is 0 Å². The van der Waals surface area contributed by atoms with Crippen molar-refractivity contribution in [2.75, 3.05) is 13.1 Å². The first kappa shape index (κ1) is 15.0. The Hall–Kier alpha value is -2.02. The van der Waals surface area contributed by atoms with Gasteiger partial charge in [0.25, 0.3) is 0 Å². The van der Waals surface area contributed by atoms with Gasteiger partial charge in [-0.2, -0.15) is 5.26 Å². The highest BCUT2D eigenvalue weighted by atomic mass is 15.1. The van der Waals surface area contributed by atoms with E-state index in [1.165, 1.54) is 0 Å². The van der Waals surface area contributed by atoms with Crippen LogP contribution in [0.3, 0.4) is 0 Å². The molecule has 0 amide bonds. The fraction of sp³-hybridized carbons (Fsp3) is 0.500. The van der Waals surface area contributed by atoms with E-state index >= 15 is 0 Å². The van der Waals surface area contributed by atoms with Gasteiger partial charge in [-0.1, -0.05) is 42.4 Å². The average molecular weight is 257 g/mol. The van der Waals surface area contributed by atoms with E-state index < -0.39 is 5.54 Å². The topological polar surface area (TPSA) is 84.6 Å². The third-order valence-corrected chi connectivity index (χ3v) is 3.13. The molecule has 1 unspecified atom stereocenters. The lowest BCUT2D eigenvalue weighted by molar-refractivity contribution is 0.394. The maximum Gasteiger partial charge on any atom is 0.110 e. The minimum Gasteiger partial charge on any atom is -0.299 e. The van der Waals surface area contributed by atoms with Crippen LogP contribution in [0.25, 0.3) is 10.4 Å². The zero-order valence-corrected chi connectivity index (χ0v) is 11.2. The second-order valence-electron chi connectivity index (χ2n) is 4.44. The molecule has 0 aliphatic heterocycles. The van der Waals surface area contributed by atoms with E-state index in [0.29, 0.717) is 19.5 Å². The van der Waals surface area contributed by atoms with Gasteiger partial charge in [0.05, 0.1) is 6.07 Å². The summed E-state index contributed by atoms with van der Waals surface area (Å²) in [6.07, 6.45) is 2.16. The average Bonchev–Trinajstić information content (AvgIpc) is 2.47. The van der Waals surface area contributed by atoms with Crippen LogP contribution < -0.4 is 5.32 Å². The zero-order valence-electron chi connectivity index (χ0n) is 11.2. The SMILES string of the molecule is CCC(C#N)(Cc1ccccc1)NCCCN=[N+]=[N-]. The van der Waals surface area contributed by atoms with E-state index in [-0.39, 0.29) is 0 Å². The van der Waals surface area contributed by atoms with Crippen molar-refractivity contribution in [1.82, 2.24) is 5.32 Å². The summed E-state index contributed by atoms with van der Waals surface area (Å²) in [5, 5.41) is 16.2. The molecule has 0 saturated heterocycles. The molecule has 0 fully saturated rings. The van der Waals surface area contributed by atoms with Gasteiger partial charge in [0, 0.05) is 17.9 Å². The highest BCUT2D eigenvalue weighted by Gasteiger charge is 2.27. The van der Waals surface area contributed by atoms with E-state index in [1.54, 1.807) is 0 Å². The van der Waals surface area contributed by atoms with Crippen LogP contribution >= 0.6 is 0 Å². The molecule has 0 heterocycles. The standard InChI is InChI=1S/C14H19N5/c1-2-14(12-15,17-9-6-10-18-19-16)11-13-7-4-3-5-8-13/h3-5,7-8,17H,2,6,9-11H2,1H3. The monoisotopic (exact) mass is 257 g/mol. The Kier molecular flexibility index (Phi) is 6.45. The molecule has 0 aromatic heterocycles. The highest BCUT2D eigenvalue weighted by molar-refractivity contribution is 5.22. The quantitative estimate of drug-likeness (QED) is 0.335. The van der Waals surface area contributed by atoms with Gasteiger partial charge in [-0.05, 0) is 30.5 Å². The molecule has 0 saturated carbocycles. The molecular formula is C14H19N5. The minimum atomic E-state index is -0.544. The normalized spacial score (nSPS) is 13.1. The van der Waals surface area contributed by atoms with Crippen molar-refractivity contribution in [1.29, 1.82) is 5.26 Å². The van der Waals surface area contributed by atoms with Gasteiger partial charge in [0.2, 0.25) is 0 Å². The smallest absolute Gasteiger partial charge is 0.110 e. The maximum absolute atomic E-state index is 9.45. The number of azide groups is 1. The molecule has 0 aliphatic carbocycles. The lowest BCUT2D eigenvalue weighted by Gasteiger charge is -2.26. The number of rotatable bonds is 8. The number of benzene rings is 1. The Morgan fingerprint density at radius 1 is 1.42 bits per heavy atom. The van der Waals surface area contributed by atoms with E-state index in [0.717, 1.165) is 18.4 Å². The van der Waals surface area contributed by atoms with Crippen LogP contribution in [-0.2, 0) is 6.42 Å². The third-order valence-electron chi connectivity index (χ3n) is 3.13. The Bertz CT molecular complexity index is 458. The molecule has 5 heteroatoms. The molecule has 1 N–H and O–H groups in total. The molecule has 1 aromatic rings. The van der Waals surface area contributed by atoms with Gasteiger partial charge in [-0.25, -0.2) is 0 Å². The minimum absolute atomic E-state index is 0.458. The Labute approximate surface area is 113 Å².